The summed E-state index contributed by atoms with van der Waals surface area (Å²) in [5, 5.41) is 0. The summed E-state index contributed by atoms with van der Waals surface area (Å²) in [6, 6.07) is 0. The molecule has 0 aromatic heterocycles. The maximum Gasteiger partial charge on any atom is 0.209 e. The van der Waals surface area contributed by atoms with Gasteiger partial charge in [-0.1, -0.05) is 13.8 Å². The average molecular weight is 527 g/mol. The zero-order chi connectivity index (χ0) is 10.4. The summed E-state index contributed by atoms with van der Waals surface area (Å²) < 4.78 is -0.410. The quantitative estimate of drug-likeness (QED) is 0.303. The van der Waals surface area contributed by atoms with E-state index in [4.69, 9.17) is 0 Å². The molecule has 0 atom stereocenters. The second kappa shape index (κ2) is 9.63. The van der Waals surface area contributed by atoms with Crippen LogP contribution in [-0.4, -0.2) is 27.9 Å². The van der Waals surface area contributed by atoms with Gasteiger partial charge in [-0.25, -0.2) is 0 Å². The molecule has 6 heteroatoms. The number of halogens is 2. The Labute approximate surface area is 117 Å². The van der Waals surface area contributed by atoms with Gasteiger partial charge in [0.05, 0.1) is 0 Å². The van der Waals surface area contributed by atoms with E-state index in [1.54, 1.807) is 0 Å². The van der Waals surface area contributed by atoms with E-state index in [-0.39, 0.29) is 38.4 Å². The van der Waals surface area contributed by atoms with Gasteiger partial charge in [-0.05, 0) is 50.3 Å². The van der Waals surface area contributed by atoms with Crippen LogP contribution in [0.2, 0.25) is 0 Å². The molecule has 0 saturated carbocycles. The van der Waals surface area contributed by atoms with E-state index in [2.05, 4.69) is 45.7 Å². The molecule has 0 aromatic rings. The largest absolute Gasteiger partial charge is 0.286 e. The van der Waals surface area contributed by atoms with E-state index in [1.165, 1.54) is 0 Å². The summed E-state index contributed by atoms with van der Waals surface area (Å²) in [5.41, 5.74) is 0. The van der Waals surface area contributed by atoms with Crippen molar-refractivity contribution in [2.24, 2.45) is 5.92 Å². The Morgan fingerprint density at radius 1 is 1.14 bits per heavy atom. The third-order valence-corrected chi connectivity index (χ3v) is 5.66. The van der Waals surface area contributed by atoms with Gasteiger partial charge in [0.1, 0.15) is 5.92 Å². The summed E-state index contributed by atoms with van der Waals surface area (Å²) in [4.78, 5) is 22.1. The van der Waals surface area contributed by atoms with Gasteiger partial charge >= 0.3 is 0 Å². The summed E-state index contributed by atoms with van der Waals surface area (Å²) in [7, 11) is -0.162. The van der Waals surface area contributed by atoms with E-state index >= 15 is 0 Å². The molecule has 0 radical (unpaired) electrons. The molecule has 0 spiro atoms. The molecule has 0 aromatic carbocycles. The van der Waals surface area contributed by atoms with Crippen LogP contribution in [0, 0.1) is 5.92 Å². The van der Waals surface area contributed by atoms with Crippen LogP contribution in [0.4, 0.5) is 0 Å². The maximum atomic E-state index is 11.0. The Bertz CT molecular complexity index is 184. The minimum Gasteiger partial charge on any atom is -0.286 e. The number of carbonyl (C=O) groups excluding carboxylic acids is 2. The smallest absolute Gasteiger partial charge is 0.209 e. The van der Waals surface area contributed by atoms with E-state index < -0.39 is 5.92 Å². The third kappa shape index (κ3) is 6.82. The molecule has 0 rings (SSSR count). The maximum absolute atomic E-state index is 11.0. The fourth-order valence-electron chi connectivity index (χ4n) is 0.973. The zero-order valence-electron chi connectivity index (χ0n) is 8.03. The number of hydrogen-bond acceptors (Lipinski definition) is 2. The van der Waals surface area contributed by atoms with Crippen molar-refractivity contribution < 1.29 is 30.7 Å². The van der Waals surface area contributed by atoms with Crippen LogP contribution in [0.3, 0.4) is 0 Å². The van der Waals surface area contributed by atoms with Gasteiger partial charge in [0.2, 0.25) is 9.39 Å². The van der Waals surface area contributed by atoms with Crippen molar-refractivity contribution in [3.05, 3.63) is 0 Å². The molecule has 0 saturated heterocycles. The first-order chi connectivity index (χ1) is 6.02. The normalized spacial score (nSPS) is 10.1. The van der Waals surface area contributed by atoms with Crippen molar-refractivity contribution >= 4 is 49.2 Å². The van der Waals surface area contributed by atoms with Gasteiger partial charge in [0.25, 0.3) is 0 Å². The number of carbonyl (C=O) groups is 2. The SMILES string of the molecule is CCP(CC)CC(C(=O)Br)C(=O)Br.[Pt]. The average Bonchev–Trinajstić information content (AvgIpc) is 2.05. The molecule has 0 aliphatic rings. The van der Waals surface area contributed by atoms with Gasteiger partial charge < -0.3 is 0 Å². The van der Waals surface area contributed by atoms with Crippen molar-refractivity contribution in [1.82, 2.24) is 0 Å². The summed E-state index contributed by atoms with van der Waals surface area (Å²) >= 11 is 5.70. The third-order valence-electron chi connectivity index (χ3n) is 1.88. The molecular formula is C8H13Br2O2PPt. The standard InChI is InChI=1S/C8H13Br2O2P.Pt/c1-3-13(4-2)5-6(7(9)11)8(10)12;/h6H,3-5H2,1-2H3;. The molecule has 86 valence electrons. The van der Waals surface area contributed by atoms with Crippen LogP contribution in [-0.2, 0) is 30.7 Å². The molecule has 0 aliphatic carbocycles. The van der Waals surface area contributed by atoms with Gasteiger partial charge in [0.15, 0.2) is 0 Å². The zero-order valence-corrected chi connectivity index (χ0v) is 14.4. The minimum absolute atomic E-state index is 0. The molecule has 0 N–H and O–H groups in total. The Hall–Kier alpha value is 1.42. The molecule has 0 heterocycles. The predicted octanol–water partition coefficient (Wildman–Crippen LogP) is 2.96. The van der Waals surface area contributed by atoms with E-state index in [0.29, 0.717) is 6.16 Å². The topological polar surface area (TPSA) is 34.1 Å². The second-order valence-corrected chi connectivity index (χ2v) is 7.18. The number of hydrogen-bond donors (Lipinski definition) is 0. The molecule has 2 nitrogen and oxygen atoms in total. The van der Waals surface area contributed by atoms with Crippen LogP contribution in [0.5, 0.6) is 0 Å². The Morgan fingerprint density at radius 2 is 1.50 bits per heavy atom. The van der Waals surface area contributed by atoms with Crippen molar-refractivity contribution in [2.75, 3.05) is 18.5 Å². The van der Waals surface area contributed by atoms with Gasteiger partial charge in [-0.2, -0.15) is 0 Å². The molecule has 0 fully saturated rings. The van der Waals surface area contributed by atoms with Gasteiger partial charge in [-0.15, -0.1) is 7.92 Å². The molecule has 14 heavy (non-hydrogen) atoms. The monoisotopic (exact) mass is 525 g/mol. The molecule has 0 unspecified atom stereocenters. The summed E-state index contributed by atoms with van der Waals surface area (Å²) in [5.74, 6) is -0.494. The Morgan fingerprint density at radius 3 is 1.71 bits per heavy atom. The van der Waals surface area contributed by atoms with Crippen LogP contribution in [0.1, 0.15) is 13.8 Å². The first-order valence-corrected chi connectivity index (χ1v) is 7.62. The van der Waals surface area contributed by atoms with Crippen molar-refractivity contribution in [1.29, 1.82) is 0 Å². The van der Waals surface area contributed by atoms with Crippen LogP contribution < -0.4 is 0 Å². The first-order valence-electron chi connectivity index (χ1n) is 4.13. The second-order valence-electron chi connectivity index (χ2n) is 2.65. The molecule has 0 amide bonds. The fraction of sp³-hybridized carbons (Fsp3) is 0.750. The fourth-order valence-corrected chi connectivity index (χ4v) is 4.33. The van der Waals surface area contributed by atoms with E-state index in [0.717, 1.165) is 12.3 Å². The molecule has 0 bridgehead atoms. The van der Waals surface area contributed by atoms with Crippen LogP contribution >= 0.6 is 39.8 Å². The van der Waals surface area contributed by atoms with Gasteiger partial charge in [-0.3, -0.25) is 9.59 Å². The predicted molar refractivity (Wildman–Crippen MR) is 64.2 cm³/mol. The Balaban J connectivity index is 0. The van der Waals surface area contributed by atoms with Gasteiger partial charge in [0, 0.05) is 21.1 Å². The van der Waals surface area contributed by atoms with Crippen molar-refractivity contribution in [3.63, 3.8) is 0 Å². The Kier molecular flexibility index (Phi) is 12.2. The summed E-state index contributed by atoms with van der Waals surface area (Å²) in [6.45, 7) is 4.20. The minimum atomic E-state index is -0.494. The van der Waals surface area contributed by atoms with Crippen LogP contribution in [0.25, 0.3) is 0 Å². The number of rotatable bonds is 6. The molecular weight excluding hydrogens is 514 g/mol. The molecule has 0 aliphatic heterocycles. The van der Waals surface area contributed by atoms with Crippen molar-refractivity contribution in [3.8, 4) is 0 Å². The van der Waals surface area contributed by atoms with Crippen LogP contribution in [0.15, 0.2) is 0 Å². The van der Waals surface area contributed by atoms with Crippen molar-refractivity contribution in [2.45, 2.75) is 13.8 Å². The van der Waals surface area contributed by atoms with E-state index in [1.807, 2.05) is 0 Å². The van der Waals surface area contributed by atoms with E-state index in [9.17, 15) is 9.59 Å². The first kappa shape index (κ1) is 17.8. The summed E-state index contributed by atoms with van der Waals surface area (Å²) in [6.07, 6.45) is 2.85.